The highest BCUT2D eigenvalue weighted by atomic mass is 32.1. The van der Waals surface area contributed by atoms with Gasteiger partial charge < -0.3 is 20.1 Å². The van der Waals surface area contributed by atoms with Crippen molar-refractivity contribution in [2.45, 2.75) is 12.8 Å². The molecule has 9 heteroatoms. The van der Waals surface area contributed by atoms with E-state index in [4.69, 9.17) is 5.11 Å². The largest absolute Gasteiger partial charge is 0.477 e. The molecule has 2 N–H and O–H groups in total. The van der Waals surface area contributed by atoms with Crippen molar-refractivity contribution < 1.29 is 24.2 Å². The third-order valence-corrected chi connectivity index (χ3v) is 4.52. The predicted octanol–water partition coefficient (Wildman–Crippen LogP) is 0.347. The summed E-state index contributed by atoms with van der Waals surface area (Å²) in [6.45, 7) is 1.13. The number of hydrogen-bond donors (Lipinski definition) is 2. The lowest BCUT2D eigenvalue weighted by molar-refractivity contribution is -0.141. The van der Waals surface area contributed by atoms with E-state index in [1.807, 2.05) is 4.90 Å². The van der Waals surface area contributed by atoms with E-state index < -0.39 is 11.9 Å². The summed E-state index contributed by atoms with van der Waals surface area (Å²) in [7, 11) is 1.27. The van der Waals surface area contributed by atoms with Crippen molar-refractivity contribution in [1.29, 1.82) is 0 Å². The Morgan fingerprint density at radius 1 is 1.45 bits per heavy atom. The van der Waals surface area contributed by atoms with Crippen LogP contribution in [0.1, 0.15) is 22.5 Å². The van der Waals surface area contributed by atoms with E-state index >= 15 is 0 Å². The summed E-state index contributed by atoms with van der Waals surface area (Å²) >= 11 is 1.13. The van der Waals surface area contributed by atoms with E-state index in [0.29, 0.717) is 31.1 Å². The van der Waals surface area contributed by atoms with Gasteiger partial charge in [0.15, 0.2) is 5.13 Å². The van der Waals surface area contributed by atoms with Gasteiger partial charge >= 0.3 is 11.9 Å². The molecule has 0 bridgehead atoms. The highest BCUT2D eigenvalue weighted by molar-refractivity contribution is 7.17. The zero-order valence-corrected chi connectivity index (χ0v) is 12.9. The second-order valence-electron chi connectivity index (χ2n) is 4.87. The number of anilines is 1. The number of carboxylic acid groups (broad SMARTS) is 1. The number of thiazole rings is 1. The summed E-state index contributed by atoms with van der Waals surface area (Å²) in [6.07, 6.45) is 2.61. The van der Waals surface area contributed by atoms with Gasteiger partial charge in [-0.1, -0.05) is 11.3 Å². The minimum absolute atomic E-state index is 0.121. The lowest BCUT2D eigenvalue weighted by Crippen LogP contribution is -2.42. The van der Waals surface area contributed by atoms with E-state index in [0.717, 1.165) is 11.3 Å². The van der Waals surface area contributed by atoms with Crippen LogP contribution < -0.4 is 10.2 Å². The van der Waals surface area contributed by atoms with Gasteiger partial charge in [0.2, 0.25) is 5.91 Å². The lowest BCUT2D eigenvalue weighted by atomic mass is 9.96. The average molecular weight is 327 g/mol. The van der Waals surface area contributed by atoms with Gasteiger partial charge in [0, 0.05) is 19.0 Å². The van der Waals surface area contributed by atoms with Crippen molar-refractivity contribution in [1.82, 2.24) is 10.3 Å². The first-order chi connectivity index (χ1) is 10.5. The molecule has 1 saturated heterocycles. The summed E-state index contributed by atoms with van der Waals surface area (Å²) in [5, 5.41) is 12.1. The van der Waals surface area contributed by atoms with Crippen LogP contribution in [0.5, 0.6) is 0 Å². The van der Waals surface area contributed by atoms with Crippen LogP contribution in [0.4, 0.5) is 5.13 Å². The lowest BCUT2D eigenvalue weighted by Gasteiger charge is -2.30. The van der Waals surface area contributed by atoms with E-state index in [-0.39, 0.29) is 23.2 Å². The maximum atomic E-state index is 11.9. The smallest absolute Gasteiger partial charge is 0.347 e. The van der Waals surface area contributed by atoms with Gasteiger partial charge in [-0.05, 0) is 12.8 Å². The second-order valence-corrected chi connectivity index (χ2v) is 5.88. The van der Waals surface area contributed by atoms with E-state index in [9.17, 15) is 14.4 Å². The summed E-state index contributed by atoms with van der Waals surface area (Å²) in [5.41, 5.74) is 0. The first-order valence-corrected chi connectivity index (χ1v) is 7.61. The summed E-state index contributed by atoms with van der Waals surface area (Å²) in [4.78, 5) is 40.1. The summed E-state index contributed by atoms with van der Waals surface area (Å²) in [6, 6.07) is 0. The maximum absolute atomic E-state index is 11.9. The number of nitrogens with one attached hydrogen (secondary N) is 1. The van der Waals surface area contributed by atoms with Gasteiger partial charge in [0.25, 0.3) is 0 Å². The van der Waals surface area contributed by atoms with Gasteiger partial charge in [-0.25, -0.2) is 9.78 Å². The van der Waals surface area contributed by atoms with Crippen LogP contribution in [0, 0.1) is 5.92 Å². The number of nitrogens with zero attached hydrogens (tertiary/aromatic N) is 2. The van der Waals surface area contributed by atoms with Gasteiger partial charge in [0.05, 0.1) is 13.3 Å². The summed E-state index contributed by atoms with van der Waals surface area (Å²) in [5.74, 6) is -1.77. The molecule has 0 aliphatic carbocycles. The first kappa shape index (κ1) is 16.2. The zero-order chi connectivity index (χ0) is 16.1. The Morgan fingerprint density at radius 2 is 2.14 bits per heavy atom. The fourth-order valence-electron chi connectivity index (χ4n) is 2.22. The van der Waals surface area contributed by atoms with Crippen molar-refractivity contribution in [3.05, 3.63) is 11.1 Å². The molecule has 0 atom stereocenters. The van der Waals surface area contributed by atoms with E-state index in [1.165, 1.54) is 13.3 Å². The van der Waals surface area contributed by atoms with Crippen LogP contribution in [0.3, 0.4) is 0 Å². The molecule has 0 unspecified atom stereocenters. The fourth-order valence-corrected chi connectivity index (χ4v) is 3.03. The number of aromatic carboxylic acids is 1. The Hall–Kier alpha value is -2.16. The molecule has 22 heavy (non-hydrogen) atoms. The van der Waals surface area contributed by atoms with Crippen LogP contribution >= 0.6 is 11.3 Å². The Labute approximate surface area is 131 Å². The van der Waals surface area contributed by atoms with E-state index in [1.54, 1.807) is 0 Å². The Kier molecular flexibility index (Phi) is 5.31. The molecule has 2 rings (SSSR count). The maximum Gasteiger partial charge on any atom is 0.347 e. The number of carbonyl (C=O) groups excluding carboxylic acids is 2. The molecular weight excluding hydrogens is 310 g/mol. The SMILES string of the molecule is COC(=O)CNC(=O)C1CCN(c2ncc(C(=O)O)s2)CC1. The molecule has 0 spiro atoms. The van der Waals surface area contributed by atoms with Gasteiger partial charge in [-0.2, -0.15) is 0 Å². The monoisotopic (exact) mass is 327 g/mol. The normalized spacial score (nSPS) is 15.4. The Bertz CT molecular complexity index is 566. The molecule has 1 fully saturated rings. The number of aromatic nitrogens is 1. The van der Waals surface area contributed by atoms with Crippen LogP contribution in [0.15, 0.2) is 6.20 Å². The molecular formula is C13H17N3O5S. The molecule has 2 heterocycles. The molecule has 1 amide bonds. The van der Waals surface area contributed by atoms with Crippen molar-refractivity contribution in [3.63, 3.8) is 0 Å². The van der Waals surface area contributed by atoms with Crippen LogP contribution in [-0.4, -0.2) is 54.7 Å². The number of methoxy groups -OCH3 is 1. The highest BCUT2D eigenvalue weighted by Gasteiger charge is 2.26. The minimum atomic E-state index is -0.985. The second kappa shape index (κ2) is 7.21. The molecule has 1 aromatic heterocycles. The molecule has 8 nitrogen and oxygen atoms in total. The van der Waals surface area contributed by atoms with Crippen molar-refractivity contribution >= 4 is 34.3 Å². The number of rotatable bonds is 5. The third-order valence-electron chi connectivity index (χ3n) is 3.48. The number of hydrogen-bond acceptors (Lipinski definition) is 7. The quantitative estimate of drug-likeness (QED) is 0.751. The zero-order valence-electron chi connectivity index (χ0n) is 12.1. The topological polar surface area (TPSA) is 109 Å². The van der Waals surface area contributed by atoms with Gasteiger partial charge in [-0.15, -0.1) is 0 Å². The third kappa shape index (κ3) is 3.94. The molecule has 0 aromatic carbocycles. The molecule has 1 aliphatic heterocycles. The highest BCUT2D eigenvalue weighted by Crippen LogP contribution is 2.27. The van der Waals surface area contributed by atoms with Gasteiger partial charge in [0.1, 0.15) is 11.4 Å². The number of amides is 1. The Morgan fingerprint density at radius 3 is 2.68 bits per heavy atom. The minimum Gasteiger partial charge on any atom is -0.477 e. The standard InChI is InChI=1S/C13H17N3O5S/c1-21-10(17)7-14-11(18)8-2-4-16(5-3-8)13-15-6-9(22-13)12(19)20/h6,8H,2-5,7H2,1H3,(H,14,18)(H,19,20). The number of piperidine rings is 1. The molecule has 1 aromatic rings. The Balaban J connectivity index is 1.83. The number of esters is 1. The number of carbonyl (C=O) groups is 3. The predicted molar refractivity (Wildman–Crippen MR) is 79.0 cm³/mol. The van der Waals surface area contributed by atoms with Crippen LogP contribution in [0.2, 0.25) is 0 Å². The molecule has 1 aliphatic rings. The number of carboxylic acids is 1. The van der Waals surface area contributed by atoms with E-state index in [2.05, 4.69) is 15.0 Å². The fraction of sp³-hybridized carbons (Fsp3) is 0.538. The van der Waals surface area contributed by atoms with Crippen molar-refractivity contribution in [2.24, 2.45) is 5.92 Å². The summed E-state index contributed by atoms with van der Waals surface area (Å²) < 4.78 is 4.47. The molecule has 0 radical (unpaired) electrons. The van der Waals surface area contributed by atoms with Crippen LogP contribution in [0.25, 0.3) is 0 Å². The van der Waals surface area contributed by atoms with Crippen LogP contribution in [-0.2, 0) is 14.3 Å². The first-order valence-electron chi connectivity index (χ1n) is 6.80. The number of ether oxygens (including phenoxy) is 1. The molecule has 0 saturated carbocycles. The van der Waals surface area contributed by atoms with Gasteiger partial charge in [-0.3, -0.25) is 9.59 Å². The van der Waals surface area contributed by atoms with Crippen molar-refractivity contribution in [2.75, 3.05) is 31.6 Å². The van der Waals surface area contributed by atoms with Crippen molar-refractivity contribution in [3.8, 4) is 0 Å². The average Bonchev–Trinajstić information content (AvgIpc) is 3.02. The molecule has 120 valence electrons.